The van der Waals surface area contributed by atoms with E-state index in [-0.39, 0.29) is 11.5 Å². The fraction of sp³-hybridized carbons (Fsp3) is 0.200. The Morgan fingerprint density at radius 2 is 1.93 bits per heavy atom. The fourth-order valence-electron chi connectivity index (χ4n) is 2.50. The number of nitro benzene ring substituents is 1. The molecule has 0 atom stereocenters. The van der Waals surface area contributed by atoms with Crippen LogP contribution >= 0.6 is 0 Å². The Kier molecular flexibility index (Phi) is 6.43. The second kappa shape index (κ2) is 8.75. The van der Waals surface area contributed by atoms with Crippen LogP contribution in [0.2, 0.25) is 0 Å². The van der Waals surface area contributed by atoms with Crippen LogP contribution in [0.5, 0.6) is 0 Å². The van der Waals surface area contributed by atoms with Gasteiger partial charge in [0.2, 0.25) is 5.78 Å². The van der Waals surface area contributed by atoms with Crippen molar-refractivity contribution in [3.05, 3.63) is 76.7 Å². The summed E-state index contributed by atoms with van der Waals surface area (Å²) in [6.45, 7) is 4.00. The molecule has 2 aromatic heterocycles. The molecule has 2 heterocycles. The van der Waals surface area contributed by atoms with E-state index < -0.39 is 4.92 Å². The normalized spacial score (nSPS) is 10.5. The third-order valence-corrected chi connectivity index (χ3v) is 3.62. The van der Waals surface area contributed by atoms with Crippen LogP contribution in [0.4, 0.5) is 5.69 Å². The lowest BCUT2D eigenvalue weighted by atomic mass is 10.1. The van der Waals surface area contributed by atoms with Crippen molar-refractivity contribution in [2.75, 3.05) is 14.1 Å². The van der Waals surface area contributed by atoms with Crippen molar-refractivity contribution in [1.29, 1.82) is 0 Å². The molecule has 0 spiro atoms. The first-order chi connectivity index (χ1) is 13.0. The Balaban J connectivity index is 0.00000126. The molecule has 7 nitrogen and oxygen atoms in total. The number of nitrogens with zero attached hydrogens (tertiary/aromatic N) is 4. The van der Waals surface area contributed by atoms with Crippen LogP contribution in [-0.2, 0) is 0 Å². The smallest absolute Gasteiger partial charge is 0.270 e. The first-order valence-electron chi connectivity index (χ1n) is 8.58. The molecule has 0 radical (unpaired) electrons. The van der Waals surface area contributed by atoms with Gasteiger partial charge in [0.1, 0.15) is 17.0 Å². The minimum absolute atomic E-state index is 0.0446. The van der Waals surface area contributed by atoms with Gasteiger partial charge in [0, 0.05) is 50.3 Å². The maximum absolute atomic E-state index is 12.7. The fourth-order valence-corrected chi connectivity index (χ4v) is 2.50. The van der Waals surface area contributed by atoms with Gasteiger partial charge in [-0.2, -0.15) is 0 Å². The number of hydrogen-bond acceptors (Lipinski definition) is 5. The van der Waals surface area contributed by atoms with Crippen molar-refractivity contribution in [2.24, 2.45) is 0 Å². The van der Waals surface area contributed by atoms with Gasteiger partial charge in [0.25, 0.3) is 5.69 Å². The zero-order valence-electron chi connectivity index (χ0n) is 15.8. The van der Waals surface area contributed by atoms with Gasteiger partial charge in [-0.3, -0.25) is 19.3 Å². The molecule has 27 heavy (non-hydrogen) atoms. The quantitative estimate of drug-likeness (QED) is 0.293. The predicted molar refractivity (Wildman–Crippen MR) is 106 cm³/mol. The summed E-state index contributed by atoms with van der Waals surface area (Å²) in [4.78, 5) is 29.6. The molecule has 0 fully saturated rings. The van der Waals surface area contributed by atoms with E-state index in [0.717, 1.165) is 0 Å². The van der Waals surface area contributed by atoms with E-state index in [2.05, 4.69) is 4.98 Å². The number of fused-ring (bicyclic) bond motifs is 1. The Bertz CT molecular complexity index is 990. The highest BCUT2D eigenvalue weighted by molar-refractivity contribution is 6.08. The van der Waals surface area contributed by atoms with Crippen molar-refractivity contribution in [3.63, 3.8) is 0 Å². The van der Waals surface area contributed by atoms with Gasteiger partial charge < -0.3 is 4.90 Å². The number of rotatable bonds is 5. The van der Waals surface area contributed by atoms with E-state index in [1.54, 1.807) is 46.0 Å². The van der Waals surface area contributed by atoms with Crippen molar-refractivity contribution >= 4 is 17.1 Å². The largest absolute Gasteiger partial charge is 0.383 e. The first kappa shape index (κ1) is 19.8. The number of carbonyl (C=O) groups is 1. The van der Waals surface area contributed by atoms with E-state index in [1.807, 2.05) is 34.0 Å². The molecule has 0 N–H and O–H groups in total. The third-order valence-electron chi connectivity index (χ3n) is 3.62. The van der Waals surface area contributed by atoms with Gasteiger partial charge in [-0.15, -0.1) is 0 Å². The number of benzene rings is 1. The highest BCUT2D eigenvalue weighted by Gasteiger charge is 2.20. The highest BCUT2D eigenvalue weighted by Crippen LogP contribution is 2.28. The van der Waals surface area contributed by atoms with Gasteiger partial charge in [0.15, 0.2) is 0 Å². The lowest BCUT2D eigenvalue weighted by molar-refractivity contribution is -0.384. The molecule has 0 aliphatic carbocycles. The summed E-state index contributed by atoms with van der Waals surface area (Å²) in [5, 5.41) is 11.0. The Morgan fingerprint density at radius 1 is 1.19 bits per heavy atom. The van der Waals surface area contributed by atoms with Gasteiger partial charge in [-0.1, -0.05) is 32.0 Å². The van der Waals surface area contributed by atoms with Crippen LogP contribution in [0, 0.1) is 10.1 Å². The second-order valence-corrected chi connectivity index (χ2v) is 5.69. The summed E-state index contributed by atoms with van der Waals surface area (Å²) in [6.07, 6.45) is 4.86. The number of imidazole rings is 1. The van der Waals surface area contributed by atoms with Gasteiger partial charge in [0.05, 0.1) is 4.92 Å². The topological polar surface area (TPSA) is 80.8 Å². The Labute approximate surface area is 157 Å². The Morgan fingerprint density at radius 3 is 2.59 bits per heavy atom. The van der Waals surface area contributed by atoms with E-state index in [0.29, 0.717) is 22.6 Å². The molecular weight excluding hydrogens is 344 g/mol. The average molecular weight is 366 g/mol. The van der Waals surface area contributed by atoms with Crippen LogP contribution < -0.4 is 0 Å². The molecule has 1 aromatic carbocycles. The molecule has 0 amide bonds. The standard InChI is InChI=1S/C18H16N4O3.C2H6/c1-20(2)11-9-15(23)18-17(19-16-8-3-4-10-21(16)18)13-6-5-7-14(12-13)22(24)25;1-2/h3-12H,1-2H3;1-2H3/b11-9+;. The maximum atomic E-state index is 12.7. The van der Waals surface area contributed by atoms with Gasteiger partial charge in [-0.25, -0.2) is 4.98 Å². The minimum Gasteiger partial charge on any atom is -0.383 e. The summed E-state index contributed by atoms with van der Waals surface area (Å²) in [5.74, 6) is -0.228. The second-order valence-electron chi connectivity index (χ2n) is 5.69. The number of aromatic nitrogens is 2. The molecule has 0 saturated heterocycles. The number of nitro groups is 1. The molecule has 140 valence electrons. The maximum Gasteiger partial charge on any atom is 0.270 e. The molecule has 0 unspecified atom stereocenters. The number of non-ortho nitro benzene ring substituents is 1. The number of ketones is 1. The van der Waals surface area contributed by atoms with Gasteiger partial charge in [-0.05, 0) is 12.1 Å². The molecular formula is C20H22N4O3. The van der Waals surface area contributed by atoms with Crippen LogP contribution in [0.25, 0.3) is 16.9 Å². The lowest BCUT2D eigenvalue weighted by Crippen LogP contribution is -2.06. The number of carbonyl (C=O) groups excluding carboxylic acids is 1. The van der Waals surface area contributed by atoms with Crippen LogP contribution in [0.1, 0.15) is 24.3 Å². The van der Waals surface area contributed by atoms with Crippen molar-refractivity contribution in [1.82, 2.24) is 14.3 Å². The number of allylic oxidation sites excluding steroid dienone is 1. The van der Waals surface area contributed by atoms with E-state index >= 15 is 0 Å². The van der Waals surface area contributed by atoms with Crippen molar-refractivity contribution in [2.45, 2.75) is 13.8 Å². The van der Waals surface area contributed by atoms with Crippen molar-refractivity contribution < 1.29 is 9.72 Å². The molecule has 0 saturated carbocycles. The molecule has 3 aromatic rings. The first-order valence-corrected chi connectivity index (χ1v) is 8.58. The van der Waals surface area contributed by atoms with E-state index in [9.17, 15) is 14.9 Å². The van der Waals surface area contributed by atoms with Crippen LogP contribution in [0.3, 0.4) is 0 Å². The summed E-state index contributed by atoms with van der Waals surface area (Å²) >= 11 is 0. The zero-order valence-corrected chi connectivity index (χ0v) is 15.8. The van der Waals surface area contributed by atoms with Gasteiger partial charge >= 0.3 is 0 Å². The molecule has 0 aliphatic rings. The van der Waals surface area contributed by atoms with Crippen LogP contribution in [-0.4, -0.2) is 39.1 Å². The zero-order chi connectivity index (χ0) is 20.0. The van der Waals surface area contributed by atoms with E-state index in [4.69, 9.17) is 0 Å². The summed E-state index contributed by atoms with van der Waals surface area (Å²) in [7, 11) is 3.64. The molecule has 7 heteroatoms. The monoisotopic (exact) mass is 366 g/mol. The SMILES string of the molecule is CC.CN(C)/C=C/C(=O)c1c(-c2cccc([N+](=O)[O-])c2)nc2ccccn12. The lowest BCUT2D eigenvalue weighted by Gasteiger charge is -2.05. The predicted octanol–water partition coefficient (Wildman–Crippen LogP) is 4.19. The van der Waals surface area contributed by atoms with Crippen molar-refractivity contribution in [3.8, 4) is 11.3 Å². The Hall–Kier alpha value is -3.48. The average Bonchev–Trinajstić information content (AvgIpc) is 3.07. The summed E-state index contributed by atoms with van der Waals surface area (Å²) in [6, 6.07) is 11.5. The molecule has 0 bridgehead atoms. The highest BCUT2D eigenvalue weighted by atomic mass is 16.6. The van der Waals surface area contributed by atoms with E-state index in [1.165, 1.54) is 18.2 Å². The molecule has 3 rings (SSSR count). The number of pyridine rings is 1. The number of hydrogen-bond donors (Lipinski definition) is 0. The minimum atomic E-state index is -0.466. The summed E-state index contributed by atoms with van der Waals surface area (Å²) in [5.41, 5.74) is 1.87. The third kappa shape index (κ3) is 4.38. The summed E-state index contributed by atoms with van der Waals surface area (Å²) < 4.78 is 1.69. The molecule has 0 aliphatic heterocycles. The van der Waals surface area contributed by atoms with Crippen LogP contribution in [0.15, 0.2) is 60.9 Å².